The summed E-state index contributed by atoms with van der Waals surface area (Å²) in [6.45, 7) is 5.99. The number of nitrogens with two attached hydrogens (primary N) is 1. The van der Waals surface area contributed by atoms with Gasteiger partial charge >= 0.3 is 0 Å². The fourth-order valence-corrected chi connectivity index (χ4v) is 2.17. The van der Waals surface area contributed by atoms with Crippen molar-refractivity contribution in [3.8, 4) is 0 Å². The summed E-state index contributed by atoms with van der Waals surface area (Å²) >= 11 is 0. The first-order valence-electron chi connectivity index (χ1n) is 6.27. The number of carbonyl (C=O) groups is 1. The zero-order chi connectivity index (χ0) is 12.0. The van der Waals surface area contributed by atoms with Crippen LogP contribution in [-0.4, -0.2) is 31.2 Å². The molecule has 16 heavy (non-hydrogen) atoms. The maximum atomic E-state index is 12.0. The lowest BCUT2D eigenvalue weighted by atomic mass is 9.88. The first-order valence-corrected chi connectivity index (χ1v) is 6.27. The summed E-state index contributed by atoms with van der Waals surface area (Å²) in [4.78, 5) is 12.0. The molecule has 1 heterocycles. The number of hydrogen-bond donors (Lipinski definition) is 2. The lowest BCUT2D eigenvalue weighted by molar-refractivity contribution is -0.128. The van der Waals surface area contributed by atoms with Crippen LogP contribution in [-0.2, 0) is 9.53 Å². The summed E-state index contributed by atoms with van der Waals surface area (Å²) in [5, 5.41) is 3.14. The number of amides is 1. The molecular weight excluding hydrogens is 204 g/mol. The van der Waals surface area contributed by atoms with Gasteiger partial charge < -0.3 is 15.8 Å². The first-order chi connectivity index (χ1) is 7.67. The molecule has 1 saturated heterocycles. The van der Waals surface area contributed by atoms with Gasteiger partial charge in [-0.3, -0.25) is 4.79 Å². The minimum atomic E-state index is -0.224. The molecule has 4 nitrogen and oxygen atoms in total. The summed E-state index contributed by atoms with van der Waals surface area (Å²) in [5.74, 6) is 0.267. The average Bonchev–Trinajstić information content (AvgIpc) is 2.32. The SMILES string of the molecule is CCC(CC)C(=O)NC1(CN)CCOCC1. The molecule has 0 aromatic heterocycles. The van der Waals surface area contributed by atoms with Gasteiger partial charge in [0, 0.05) is 25.7 Å². The molecule has 0 saturated carbocycles. The highest BCUT2D eigenvalue weighted by Crippen LogP contribution is 2.21. The van der Waals surface area contributed by atoms with Gasteiger partial charge in [0.15, 0.2) is 0 Å². The van der Waals surface area contributed by atoms with E-state index in [9.17, 15) is 4.79 Å². The van der Waals surface area contributed by atoms with Gasteiger partial charge in [-0.2, -0.15) is 0 Å². The van der Waals surface area contributed by atoms with Crippen LogP contribution < -0.4 is 11.1 Å². The minimum Gasteiger partial charge on any atom is -0.381 e. The van der Waals surface area contributed by atoms with Crippen LogP contribution in [0.5, 0.6) is 0 Å². The summed E-state index contributed by atoms with van der Waals surface area (Å²) in [5.41, 5.74) is 5.58. The molecule has 0 aromatic carbocycles. The van der Waals surface area contributed by atoms with Gasteiger partial charge in [-0.15, -0.1) is 0 Å². The first kappa shape index (κ1) is 13.5. The molecule has 0 atom stereocenters. The Labute approximate surface area is 97.9 Å². The van der Waals surface area contributed by atoms with Crippen LogP contribution in [0.4, 0.5) is 0 Å². The van der Waals surface area contributed by atoms with Crippen LogP contribution in [0.15, 0.2) is 0 Å². The fraction of sp³-hybridized carbons (Fsp3) is 0.917. The van der Waals surface area contributed by atoms with Crippen molar-refractivity contribution in [3.05, 3.63) is 0 Å². The van der Waals surface area contributed by atoms with Crippen LogP contribution >= 0.6 is 0 Å². The molecular formula is C12H24N2O2. The van der Waals surface area contributed by atoms with E-state index >= 15 is 0 Å². The van der Waals surface area contributed by atoms with E-state index in [0.29, 0.717) is 19.8 Å². The summed E-state index contributed by atoms with van der Waals surface area (Å²) in [6.07, 6.45) is 3.43. The Morgan fingerprint density at radius 3 is 2.38 bits per heavy atom. The molecule has 0 aliphatic carbocycles. The van der Waals surface area contributed by atoms with E-state index in [0.717, 1.165) is 25.7 Å². The fourth-order valence-electron chi connectivity index (χ4n) is 2.17. The second-order valence-electron chi connectivity index (χ2n) is 4.60. The lowest BCUT2D eigenvalue weighted by Crippen LogP contribution is -2.57. The predicted molar refractivity (Wildman–Crippen MR) is 64.1 cm³/mol. The van der Waals surface area contributed by atoms with Crippen molar-refractivity contribution in [1.82, 2.24) is 5.32 Å². The average molecular weight is 228 g/mol. The van der Waals surface area contributed by atoms with Crippen LogP contribution in [0.25, 0.3) is 0 Å². The number of nitrogens with one attached hydrogen (secondary N) is 1. The Balaban J connectivity index is 2.57. The van der Waals surface area contributed by atoms with Crippen molar-refractivity contribution in [1.29, 1.82) is 0 Å². The zero-order valence-corrected chi connectivity index (χ0v) is 10.4. The van der Waals surface area contributed by atoms with Gasteiger partial charge in [-0.05, 0) is 25.7 Å². The maximum absolute atomic E-state index is 12.0. The summed E-state index contributed by atoms with van der Waals surface area (Å²) in [6, 6.07) is 0. The quantitative estimate of drug-likeness (QED) is 0.739. The molecule has 94 valence electrons. The predicted octanol–water partition coefficient (Wildman–Crippen LogP) is 1.05. The highest BCUT2D eigenvalue weighted by atomic mass is 16.5. The van der Waals surface area contributed by atoms with E-state index in [1.807, 2.05) is 13.8 Å². The number of ether oxygens (including phenoxy) is 1. The molecule has 1 aliphatic rings. The van der Waals surface area contributed by atoms with Crippen molar-refractivity contribution in [2.45, 2.75) is 45.1 Å². The number of carbonyl (C=O) groups excluding carboxylic acids is 1. The molecule has 1 fully saturated rings. The Hall–Kier alpha value is -0.610. The molecule has 3 N–H and O–H groups in total. The molecule has 1 aliphatic heterocycles. The largest absolute Gasteiger partial charge is 0.381 e. The minimum absolute atomic E-state index is 0.117. The third kappa shape index (κ3) is 3.19. The van der Waals surface area contributed by atoms with Gasteiger partial charge in [0.1, 0.15) is 0 Å². The highest BCUT2D eigenvalue weighted by molar-refractivity contribution is 5.79. The van der Waals surface area contributed by atoms with E-state index in [1.54, 1.807) is 0 Å². The lowest BCUT2D eigenvalue weighted by Gasteiger charge is -2.37. The number of rotatable bonds is 5. The van der Waals surface area contributed by atoms with Crippen LogP contribution in [0.1, 0.15) is 39.5 Å². The Kier molecular flexibility index (Phi) is 5.22. The maximum Gasteiger partial charge on any atom is 0.223 e. The number of hydrogen-bond acceptors (Lipinski definition) is 3. The van der Waals surface area contributed by atoms with E-state index in [1.165, 1.54) is 0 Å². The highest BCUT2D eigenvalue weighted by Gasteiger charge is 2.33. The summed E-state index contributed by atoms with van der Waals surface area (Å²) in [7, 11) is 0. The molecule has 0 radical (unpaired) electrons. The van der Waals surface area contributed by atoms with Crippen LogP contribution in [0.3, 0.4) is 0 Å². The van der Waals surface area contributed by atoms with Crippen molar-refractivity contribution in [3.63, 3.8) is 0 Å². The molecule has 0 spiro atoms. The van der Waals surface area contributed by atoms with Gasteiger partial charge in [0.05, 0.1) is 5.54 Å². The molecule has 0 bridgehead atoms. The van der Waals surface area contributed by atoms with Crippen molar-refractivity contribution in [2.24, 2.45) is 11.7 Å². The second kappa shape index (κ2) is 6.21. The topological polar surface area (TPSA) is 64.4 Å². The van der Waals surface area contributed by atoms with Gasteiger partial charge in [0.25, 0.3) is 0 Å². The van der Waals surface area contributed by atoms with Gasteiger partial charge in [-0.1, -0.05) is 13.8 Å². The van der Waals surface area contributed by atoms with Crippen molar-refractivity contribution in [2.75, 3.05) is 19.8 Å². The van der Waals surface area contributed by atoms with Crippen molar-refractivity contribution < 1.29 is 9.53 Å². The zero-order valence-electron chi connectivity index (χ0n) is 10.4. The molecule has 1 amide bonds. The molecule has 1 rings (SSSR count). The normalized spacial score (nSPS) is 19.8. The van der Waals surface area contributed by atoms with Crippen molar-refractivity contribution >= 4 is 5.91 Å². The molecule has 0 aromatic rings. The standard InChI is InChI=1S/C12H24N2O2/c1-3-10(4-2)11(15)14-12(9-13)5-7-16-8-6-12/h10H,3-9,13H2,1-2H3,(H,14,15). The van der Waals surface area contributed by atoms with E-state index < -0.39 is 0 Å². The summed E-state index contributed by atoms with van der Waals surface area (Å²) < 4.78 is 5.31. The third-order valence-electron chi connectivity index (χ3n) is 3.59. The third-order valence-corrected chi connectivity index (χ3v) is 3.59. The Morgan fingerprint density at radius 1 is 1.38 bits per heavy atom. The molecule has 0 unspecified atom stereocenters. The van der Waals surface area contributed by atoms with Gasteiger partial charge in [0.2, 0.25) is 5.91 Å². The van der Waals surface area contributed by atoms with E-state index in [-0.39, 0.29) is 17.4 Å². The van der Waals surface area contributed by atoms with E-state index in [2.05, 4.69) is 5.32 Å². The van der Waals surface area contributed by atoms with Crippen LogP contribution in [0.2, 0.25) is 0 Å². The van der Waals surface area contributed by atoms with Crippen LogP contribution in [0, 0.1) is 5.92 Å². The Bertz CT molecular complexity index is 221. The molecule has 4 heteroatoms. The second-order valence-corrected chi connectivity index (χ2v) is 4.60. The van der Waals surface area contributed by atoms with E-state index in [4.69, 9.17) is 10.5 Å². The van der Waals surface area contributed by atoms with Gasteiger partial charge in [-0.25, -0.2) is 0 Å². The monoisotopic (exact) mass is 228 g/mol. The smallest absolute Gasteiger partial charge is 0.223 e. The Morgan fingerprint density at radius 2 is 1.94 bits per heavy atom.